The van der Waals surface area contributed by atoms with Crippen LogP contribution < -0.4 is 10.6 Å². The van der Waals surface area contributed by atoms with Gasteiger partial charge in [0.25, 0.3) is 0 Å². The average molecular weight is 253 g/mol. The zero-order valence-electron chi connectivity index (χ0n) is 11.6. The number of hydrogen-bond acceptors (Lipinski definition) is 3. The van der Waals surface area contributed by atoms with Crippen molar-refractivity contribution in [2.24, 2.45) is 0 Å². The third kappa shape index (κ3) is 3.95. The maximum Gasteiger partial charge on any atom is 0.237 e. The first kappa shape index (κ1) is 13.8. The van der Waals surface area contributed by atoms with E-state index in [2.05, 4.69) is 22.5 Å². The van der Waals surface area contributed by atoms with E-state index in [4.69, 9.17) is 0 Å². The van der Waals surface area contributed by atoms with Gasteiger partial charge in [-0.05, 0) is 45.2 Å². The fourth-order valence-corrected chi connectivity index (χ4v) is 2.89. The van der Waals surface area contributed by atoms with Crippen LogP contribution in [0, 0.1) is 0 Å². The van der Waals surface area contributed by atoms with Crippen molar-refractivity contribution >= 4 is 5.91 Å². The Morgan fingerprint density at radius 1 is 1.33 bits per heavy atom. The second-order valence-electron chi connectivity index (χ2n) is 5.63. The Labute approximate surface area is 110 Å². The van der Waals surface area contributed by atoms with Crippen LogP contribution in [0.3, 0.4) is 0 Å². The highest BCUT2D eigenvalue weighted by atomic mass is 16.2. The summed E-state index contributed by atoms with van der Waals surface area (Å²) < 4.78 is 0. The molecule has 0 spiro atoms. The van der Waals surface area contributed by atoms with Crippen LogP contribution in [0.5, 0.6) is 0 Å². The minimum atomic E-state index is 0.0723. The van der Waals surface area contributed by atoms with Gasteiger partial charge >= 0.3 is 0 Å². The molecule has 2 N–H and O–H groups in total. The number of hydrogen-bond donors (Lipinski definition) is 2. The summed E-state index contributed by atoms with van der Waals surface area (Å²) in [6.07, 6.45) is 6.92. The van der Waals surface area contributed by atoms with Gasteiger partial charge in [0.1, 0.15) is 0 Å². The van der Waals surface area contributed by atoms with Gasteiger partial charge in [-0.25, -0.2) is 0 Å². The summed E-state index contributed by atoms with van der Waals surface area (Å²) in [5.74, 6) is 0.222. The Kier molecular flexibility index (Phi) is 5.45. The first-order chi connectivity index (χ1) is 8.79. The van der Waals surface area contributed by atoms with Gasteiger partial charge in [-0.15, -0.1) is 0 Å². The lowest BCUT2D eigenvalue weighted by Crippen LogP contribution is -2.49. The third-order valence-corrected chi connectivity index (χ3v) is 4.14. The van der Waals surface area contributed by atoms with E-state index in [1.165, 1.54) is 19.4 Å². The maximum atomic E-state index is 12.0. The van der Waals surface area contributed by atoms with E-state index in [0.29, 0.717) is 6.04 Å². The van der Waals surface area contributed by atoms with Crippen molar-refractivity contribution < 1.29 is 4.79 Å². The van der Waals surface area contributed by atoms with E-state index >= 15 is 0 Å². The Bertz CT molecular complexity index is 256. The normalized spacial score (nSPS) is 26.4. The van der Waals surface area contributed by atoms with Gasteiger partial charge in [-0.2, -0.15) is 0 Å². The first-order valence-electron chi connectivity index (χ1n) is 7.55. The van der Waals surface area contributed by atoms with E-state index in [-0.39, 0.29) is 11.9 Å². The lowest BCUT2D eigenvalue weighted by molar-refractivity contribution is -0.123. The van der Waals surface area contributed by atoms with Crippen molar-refractivity contribution in [1.29, 1.82) is 0 Å². The highest BCUT2D eigenvalue weighted by Crippen LogP contribution is 2.12. The molecule has 1 amide bonds. The van der Waals surface area contributed by atoms with Crippen molar-refractivity contribution in [1.82, 2.24) is 15.5 Å². The number of nitrogens with zero attached hydrogens (tertiary/aromatic N) is 1. The molecule has 2 aliphatic heterocycles. The number of piperidine rings is 1. The minimum absolute atomic E-state index is 0.0723. The molecule has 4 heteroatoms. The lowest BCUT2D eigenvalue weighted by Gasteiger charge is -2.32. The molecule has 2 aliphatic rings. The number of rotatable bonds is 5. The van der Waals surface area contributed by atoms with Gasteiger partial charge < -0.3 is 15.5 Å². The number of likely N-dealkylation sites (tertiary alicyclic amines) is 1. The molecule has 2 heterocycles. The van der Waals surface area contributed by atoms with Crippen LogP contribution in [0.4, 0.5) is 0 Å². The molecule has 0 bridgehead atoms. The van der Waals surface area contributed by atoms with Crippen LogP contribution in [-0.4, -0.2) is 49.1 Å². The van der Waals surface area contributed by atoms with Crippen LogP contribution in [-0.2, 0) is 4.79 Å². The lowest BCUT2D eigenvalue weighted by atomic mass is 10.0. The van der Waals surface area contributed by atoms with Gasteiger partial charge in [0.2, 0.25) is 5.91 Å². The highest BCUT2D eigenvalue weighted by molar-refractivity contribution is 5.82. The molecule has 0 aromatic rings. The van der Waals surface area contributed by atoms with Crippen molar-refractivity contribution in [2.75, 3.05) is 26.2 Å². The maximum absolute atomic E-state index is 12.0. The second-order valence-corrected chi connectivity index (χ2v) is 5.63. The van der Waals surface area contributed by atoms with Crippen molar-refractivity contribution in [3.63, 3.8) is 0 Å². The largest absolute Gasteiger partial charge is 0.352 e. The van der Waals surface area contributed by atoms with E-state index < -0.39 is 0 Å². The van der Waals surface area contributed by atoms with Gasteiger partial charge in [-0.1, -0.05) is 13.3 Å². The van der Waals surface area contributed by atoms with Crippen LogP contribution in [0.25, 0.3) is 0 Å². The Morgan fingerprint density at radius 3 is 2.72 bits per heavy atom. The number of carbonyl (C=O) groups is 1. The number of nitrogens with one attached hydrogen (secondary N) is 2. The summed E-state index contributed by atoms with van der Waals surface area (Å²) in [6.45, 7) is 6.74. The summed E-state index contributed by atoms with van der Waals surface area (Å²) in [5.41, 5.74) is 0. The van der Waals surface area contributed by atoms with Crippen LogP contribution in [0.2, 0.25) is 0 Å². The SMILES string of the molecule is CCCCN1CCC(NC(=O)[C@H]2CCCN2)CC1. The summed E-state index contributed by atoms with van der Waals surface area (Å²) in [7, 11) is 0. The molecule has 4 nitrogen and oxygen atoms in total. The van der Waals surface area contributed by atoms with E-state index in [1.54, 1.807) is 0 Å². The minimum Gasteiger partial charge on any atom is -0.352 e. The molecule has 2 saturated heterocycles. The van der Waals surface area contributed by atoms with Crippen molar-refractivity contribution in [3.8, 4) is 0 Å². The molecular weight excluding hydrogens is 226 g/mol. The standard InChI is InChI=1S/C14H27N3O/c1-2-3-9-17-10-6-12(7-11-17)16-14(18)13-5-4-8-15-13/h12-13,15H,2-11H2,1H3,(H,16,18)/t13-/m1/s1. The monoisotopic (exact) mass is 253 g/mol. The molecule has 2 rings (SSSR count). The summed E-state index contributed by atoms with van der Waals surface area (Å²) >= 11 is 0. The smallest absolute Gasteiger partial charge is 0.237 e. The molecule has 0 aromatic carbocycles. The molecule has 0 aliphatic carbocycles. The van der Waals surface area contributed by atoms with E-state index in [1.807, 2.05) is 0 Å². The third-order valence-electron chi connectivity index (χ3n) is 4.14. The fraction of sp³-hybridized carbons (Fsp3) is 0.929. The van der Waals surface area contributed by atoms with Crippen LogP contribution in [0.15, 0.2) is 0 Å². The number of carbonyl (C=O) groups excluding carboxylic acids is 1. The summed E-state index contributed by atoms with van der Waals surface area (Å²) in [5, 5.41) is 6.47. The molecule has 0 radical (unpaired) electrons. The Hall–Kier alpha value is -0.610. The average Bonchev–Trinajstić information content (AvgIpc) is 2.92. The molecule has 18 heavy (non-hydrogen) atoms. The van der Waals surface area contributed by atoms with Gasteiger partial charge in [-0.3, -0.25) is 4.79 Å². The summed E-state index contributed by atoms with van der Waals surface area (Å²) in [4.78, 5) is 14.5. The molecule has 2 fully saturated rings. The van der Waals surface area contributed by atoms with E-state index in [9.17, 15) is 4.79 Å². The Balaban J connectivity index is 1.65. The van der Waals surface area contributed by atoms with Gasteiger partial charge in [0, 0.05) is 19.1 Å². The summed E-state index contributed by atoms with van der Waals surface area (Å²) in [6, 6.07) is 0.473. The highest BCUT2D eigenvalue weighted by Gasteiger charge is 2.26. The number of unbranched alkanes of at least 4 members (excludes halogenated alkanes) is 1. The predicted molar refractivity (Wildman–Crippen MR) is 73.5 cm³/mol. The topological polar surface area (TPSA) is 44.4 Å². The predicted octanol–water partition coefficient (Wildman–Crippen LogP) is 1.12. The van der Waals surface area contributed by atoms with Crippen LogP contribution in [0.1, 0.15) is 45.4 Å². The molecular formula is C14H27N3O. The van der Waals surface area contributed by atoms with Crippen molar-refractivity contribution in [2.45, 2.75) is 57.5 Å². The molecule has 1 atom stereocenters. The first-order valence-corrected chi connectivity index (χ1v) is 7.55. The van der Waals surface area contributed by atoms with Crippen LogP contribution >= 0.6 is 0 Å². The van der Waals surface area contributed by atoms with Gasteiger partial charge in [0.05, 0.1) is 6.04 Å². The zero-order chi connectivity index (χ0) is 12.8. The molecule has 0 unspecified atom stereocenters. The number of amides is 1. The molecule has 104 valence electrons. The van der Waals surface area contributed by atoms with E-state index in [0.717, 1.165) is 45.3 Å². The molecule has 0 aromatic heterocycles. The quantitative estimate of drug-likeness (QED) is 0.772. The second kappa shape index (κ2) is 7.10. The fourth-order valence-electron chi connectivity index (χ4n) is 2.89. The molecule has 0 saturated carbocycles. The van der Waals surface area contributed by atoms with Crippen molar-refractivity contribution in [3.05, 3.63) is 0 Å². The van der Waals surface area contributed by atoms with Gasteiger partial charge in [0.15, 0.2) is 0 Å². The Morgan fingerprint density at radius 2 is 2.11 bits per heavy atom. The zero-order valence-corrected chi connectivity index (χ0v) is 11.6.